The molecule has 0 radical (unpaired) electrons. The van der Waals surface area contributed by atoms with Crippen molar-refractivity contribution >= 4 is 34.7 Å². The normalized spacial score (nSPS) is 16.8. The highest BCUT2D eigenvalue weighted by atomic mass is 35.5. The minimum absolute atomic E-state index is 0.0659. The summed E-state index contributed by atoms with van der Waals surface area (Å²) in [6, 6.07) is 12.3. The summed E-state index contributed by atoms with van der Waals surface area (Å²) in [7, 11) is 4.29. The van der Waals surface area contributed by atoms with Crippen LogP contribution in [0, 0.1) is 12.7 Å². The van der Waals surface area contributed by atoms with Gasteiger partial charge in [-0.25, -0.2) is 4.39 Å². The Bertz CT molecular complexity index is 1400. The number of rotatable bonds is 6. The largest absolute Gasteiger partial charge is 0.507 e. The Kier molecular flexibility index (Phi) is 6.90. The Morgan fingerprint density at radius 3 is 2.28 bits per heavy atom. The summed E-state index contributed by atoms with van der Waals surface area (Å²) in [6.45, 7) is 1.72. The number of ketones is 1. The number of carbonyl (C=O) groups excluding carboxylic acids is 2. The number of aliphatic hydroxyl groups excluding tert-OH is 1. The smallest absolute Gasteiger partial charge is 0.300 e. The fourth-order valence-electron chi connectivity index (χ4n) is 4.29. The Balaban J connectivity index is 2.04. The number of amides is 1. The maximum Gasteiger partial charge on any atom is 0.300 e. The summed E-state index contributed by atoms with van der Waals surface area (Å²) >= 11 is 6.33. The highest BCUT2D eigenvalue weighted by Crippen LogP contribution is 2.46. The first-order valence-corrected chi connectivity index (χ1v) is 11.2. The topological polar surface area (TPSA) is 85.3 Å². The number of hydrogen-bond acceptors (Lipinski definition) is 6. The van der Waals surface area contributed by atoms with Crippen LogP contribution in [-0.2, 0) is 9.59 Å². The molecule has 1 heterocycles. The average Bonchev–Trinajstić information content (AvgIpc) is 3.14. The fourth-order valence-corrected chi connectivity index (χ4v) is 4.46. The van der Waals surface area contributed by atoms with Gasteiger partial charge in [-0.3, -0.25) is 14.5 Å². The van der Waals surface area contributed by atoms with Crippen LogP contribution in [0.3, 0.4) is 0 Å². The molecule has 1 unspecified atom stereocenters. The molecule has 3 aromatic carbocycles. The number of nitrogens with zero attached hydrogens (tertiary/aromatic N) is 1. The molecule has 9 heteroatoms. The zero-order valence-corrected chi connectivity index (χ0v) is 20.7. The van der Waals surface area contributed by atoms with E-state index in [4.69, 9.17) is 25.8 Å². The molecule has 36 heavy (non-hydrogen) atoms. The minimum atomic E-state index is -1.09. The van der Waals surface area contributed by atoms with E-state index in [-0.39, 0.29) is 16.9 Å². The number of benzene rings is 3. The van der Waals surface area contributed by atoms with Crippen molar-refractivity contribution in [3.05, 3.63) is 87.7 Å². The molecule has 186 valence electrons. The van der Waals surface area contributed by atoms with Crippen molar-refractivity contribution in [3.63, 3.8) is 0 Å². The Hall–Kier alpha value is -4.04. The third-order valence-electron chi connectivity index (χ3n) is 6.08. The Morgan fingerprint density at radius 1 is 0.944 bits per heavy atom. The molecule has 1 atom stereocenters. The summed E-state index contributed by atoms with van der Waals surface area (Å²) in [5, 5.41) is 11.7. The summed E-state index contributed by atoms with van der Waals surface area (Å²) in [5.74, 6) is -2.14. The molecular formula is C27H23ClFNO6. The van der Waals surface area contributed by atoms with Crippen molar-refractivity contribution in [2.24, 2.45) is 0 Å². The van der Waals surface area contributed by atoms with E-state index >= 15 is 0 Å². The molecule has 1 aliphatic heterocycles. The summed E-state index contributed by atoms with van der Waals surface area (Å²) in [4.78, 5) is 28.1. The first-order valence-electron chi connectivity index (χ1n) is 10.8. The molecule has 1 amide bonds. The van der Waals surface area contributed by atoms with Gasteiger partial charge < -0.3 is 19.3 Å². The SMILES string of the molecule is COc1ccc(C2/C(=C(\O)c3cc(F)ccc3OC)C(=O)C(=O)N2c2cccc(Cl)c2C)cc1OC. The monoisotopic (exact) mass is 511 g/mol. The van der Waals surface area contributed by atoms with Gasteiger partial charge in [0.15, 0.2) is 11.5 Å². The van der Waals surface area contributed by atoms with Gasteiger partial charge in [-0.1, -0.05) is 23.7 Å². The number of halogens is 2. The standard InChI is InChI=1S/C27H23ClFNO6/c1-14-18(28)6-5-7-19(14)30-24(15-8-10-21(35-3)22(12-15)36-4)23(26(32)27(30)33)25(31)17-13-16(29)9-11-20(17)34-2/h5-13,24,31H,1-4H3/b25-23+. The van der Waals surface area contributed by atoms with Crippen LogP contribution in [0.5, 0.6) is 17.2 Å². The minimum Gasteiger partial charge on any atom is -0.507 e. The molecule has 0 spiro atoms. The number of aliphatic hydroxyl groups is 1. The highest BCUT2D eigenvalue weighted by Gasteiger charge is 2.48. The first kappa shape index (κ1) is 25.1. The third-order valence-corrected chi connectivity index (χ3v) is 6.49. The molecule has 0 aliphatic carbocycles. The maximum atomic E-state index is 14.1. The van der Waals surface area contributed by atoms with E-state index in [0.717, 1.165) is 12.1 Å². The first-order chi connectivity index (χ1) is 17.2. The van der Waals surface area contributed by atoms with E-state index in [9.17, 15) is 19.1 Å². The van der Waals surface area contributed by atoms with Crippen LogP contribution in [0.25, 0.3) is 5.76 Å². The predicted octanol–water partition coefficient (Wildman–Crippen LogP) is 5.44. The van der Waals surface area contributed by atoms with Crippen molar-refractivity contribution in [2.75, 3.05) is 26.2 Å². The van der Waals surface area contributed by atoms with Gasteiger partial charge in [0, 0.05) is 10.7 Å². The second-order valence-electron chi connectivity index (χ2n) is 8.01. The van der Waals surface area contributed by atoms with E-state index in [1.54, 1.807) is 43.3 Å². The number of carbonyl (C=O) groups is 2. The number of ether oxygens (including phenoxy) is 3. The predicted molar refractivity (Wildman–Crippen MR) is 133 cm³/mol. The number of anilines is 1. The fraction of sp³-hybridized carbons (Fsp3) is 0.185. The van der Waals surface area contributed by atoms with E-state index in [0.29, 0.717) is 33.3 Å². The van der Waals surface area contributed by atoms with E-state index < -0.39 is 29.3 Å². The quantitative estimate of drug-likeness (QED) is 0.269. The second kappa shape index (κ2) is 9.91. The van der Waals surface area contributed by atoms with Crippen LogP contribution >= 0.6 is 11.6 Å². The molecule has 1 N–H and O–H groups in total. The lowest BCUT2D eigenvalue weighted by molar-refractivity contribution is -0.132. The number of Topliss-reactive ketones (excluding diaryl/α,β-unsaturated/α-hetero) is 1. The van der Waals surface area contributed by atoms with Crippen molar-refractivity contribution in [3.8, 4) is 17.2 Å². The van der Waals surface area contributed by atoms with Crippen molar-refractivity contribution in [1.29, 1.82) is 0 Å². The van der Waals surface area contributed by atoms with Crippen molar-refractivity contribution < 1.29 is 33.3 Å². The maximum absolute atomic E-state index is 14.1. The zero-order valence-electron chi connectivity index (χ0n) is 20.0. The van der Waals surface area contributed by atoms with Crippen LogP contribution in [0.2, 0.25) is 5.02 Å². The highest BCUT2D eigenvalue weighted by molar-refractivity contribution is 6.52. The van der Waals surface area contributed by atoms with Gasteiger partial charge in [0.1, 0.15) is 17.3 Å². The summed E-state index contributed by atoms with van der Waals surface area (Å²) in [5.41, 5.74) is 1.09. The van der Waals surface area contributed by atoms with Gasteiger partial charge in [-0.2, -0.15) is 0 Å². The molecule has 0 saturated carbocycles. The van der Waals surface area contributed by atoms with Crippen LogP contribution in [0.15, 0.2) is 60.2 Å². The molecule has 0 bridgehead atoms. The Morgan fingerprint density at radius 2 is 1.61 bits per heavy atom. The summed E-state index contributed by atoms with van der Waals surface area (Å²) < 4.78 is 30.2. The molecule has 1 saturated heterocycles. The lowest BCUT2D eigenvalue weighted by Crippen LogP contribution is -2.30. The van der Waals surface area contributed by atoms with Gasteiger partial charge in [-0.05, 0) is 60.5 Å². The lowest BCUT2D eigenvalue weighted by atomic mass is 9.94. The van der Waals surface area contributed by atoms with Gasteiger partial charge in [0.05, 0.1) is 38.5 Å². The Labute approximate surface area is 212 Å². The summed E-state index contributed by atoms with van der Waals surface area (Å²) in [6.07, 6.45) is 0. The number of hydrogen-bond donors (Lipinski definition) is 1. The molecule has 4 rings (SSSR count). The average molecular weight is 512 g/mol. The van der Waals surface area contributed by atoms with Gasteiger partial charge >= 0.3 is 0 Å². The van der Waals surface area contributed by atoms with Crippen LogP contribution < -0.4 is 19.1 Å². The van der Waals surface area contributed by atoms with E-state index in [1.807, 2.05) is 0 Å². The van der Waals surface area contributed by atoms with Gasteiger partial charge in [-0.15, -0.1) is 0 Å². The third kappa shape index (κ3) is 4.13. The molecular weight excluding hydrogens is 489 g/mol. The number of methoxy groups -OCH3 is 3. The molecule has 1 aliphatic rings. The van der Waals surface area contributed by atoms with Crippen LogP contribution in [-0.4, -0.2) is 38.1 Å². The zero-order chi connectivity index (χ0) is 26.1. The second-order valence-corrected chi connectivity index (χ2v) is 8.42. The van der Waals surface area contributed by atoms with Gasteiger partial charge in [0.2, 0.25) is 0 Å². The molecule has 0 aromatic heterocycles. The lowest BCUT2D eigenvalue weighted by Gasteiger charge is -2.27. The molecule has 7 nitrogen and oxygen atoms in total. The van der Waals surface area contributed by atoms with Crippen LogP contribution in [0.4, 0.5) is 10.1 Å². The molecule has 3 aromatic rings. The van der Waals surface area contributed by atoms with E-state index in [2.05, 4.69) is 0 Å². The molecule has 1 fully saturated rings. The van der Waals surface area contributed by atoms with Crippen molar-refractivity contribution in [1.82, 2.24) is 0 Å². The van der Waals surface area contributed by atoms with Crippen molar-refractivity contribution in [2.45, 2.75) is 13.0 Å². The van der Waals surface area contributed by atoms with Crippen LogP contribution in [0.1, 0.15) is 22.7 Å². The van der Waals surface area contributed by atoms with Gasteiger partial charge in [0.25, 0.3) is 11.7 Å². The van der Waals surface area contributed by atoms with E-state index in [1.165, 1.54) is 32.3 Å².